The normalized spacial score (nSPS) is 12.8. The van der Waals surface area contributed by atoms with Crippen molar-refractivity contribution in [3.63, 3.8) is 0 Å². The molecule has 0 heterocycles. The fourth-order valence-corrected chi connectivity index (χ4v) is 3.98. The molecule has 0 aliphatic rings. The average Bonchev–Trinajstić information content (AvgIpc) is 2.44. The molecule has 0 spiro atoms. The zero-order valence-corrected chi connectivity index (χ0v) is 15.1. The lowest BCUT2D eigenvalue weighted by molar-refractivity contribution is -0.0328. The number of nitrogens with one attached hydrogen (secondary N) is 1. The van der Waals surface area contributed by atoms with E-state index in [9.17, 15) is 21.6 Å². The minimum Gasteiger partial charge on any atom is -0.329 e. The maximum Gasteiger partial charge on any atom is 0.446 e. The Morgan fingerprint density at radius 1 is 1.13 bits per heavy atom. The molecule has 0 aliphatic carbocycles. The molecule has 0 fully saturated rings. The average molecular weight is 393 g/mol. The van der Waals surface area contributed by atoms with E-state index in [1.165, 1.54) is 0 Å². The van der Waals surface area contributed by atoms with E-state index in [1.807, 2.05) is 13.8 Å². The Bertz CT molecular complexity index is 580. The number of hydrogen-bond donors (Lipinski definition) is 2. The van der Waals surface area contributed by atoms with Gasteiger partial charge in [0, 0.05) is 17.0 Å². The van der Waals surface area contributed by atoms with Crippen LogP contribution in [0.2, 0.25) is 0 Å². The Morgan fingerprint density at radius 2 is 1.61 bits per heavy atom. The largest absolute Gasteiger partial charge is 0.446 e. The van der Waals surface area contributed by atoms with Crippen LogP contribution in [0.4, 0.5) is 13.2 Å². The molecular formula is C13H20ClF3N2O2S2. The number of alkyl halides is 3. The molecule has 0 bridgehead atoms. The number of rotatable bonds is 7. The third-order valence-corrected chi connectivity index (χ3v) is 5.80. The molecule has 1 aromatic rings. The summed E-state index contributed by atoms with van der Waals surface area (Å²) in [7, 11) is -3.84. The van der Waals surface area contributed by atoms with Crippen LogP contribution in [0, 0.1) is 0 Å². The van der Waals surface area contributed by atoms with Crippen molar-refractivity contribution in [2.24, 2.45) is 5.73 Å². The molecular weight excluding hydrogens is 373 g/mol. The monoisotopic (exact) mass is 392 g/mol. The topological polar surface area (TPSA) is 72.2 Å². The highest BCUT2D eigenvalue weighted by atomic mass is 35.5. The fraction of sp³-hybridized carbons (Fsp3) is 0.538. The molecule has 0 aromatic heterocycles. The van der Waals surface area contributed by atoms with Gasteiger partial charge in [-0.2, -0.15) is 13.2 Å². The van der Waals surface area contributed by atoms with E-state index in [4.69, 9.17) is 5.73 Å². The van der Waals surface area contributed by atoms with Gasteiger partial charge in [0.15, 0.2) is 0 Å². The third-order valence-electron chi connectivity index (χ3n) is 3.46. The Balaban J connectivity index is 0.00000484. The summed E-state index contributed by atoms with van der Waals surface area (Å²) in [5.41, 5.74) is 0.496. The highest BCUT2D eigenvalue weighted by molar-refractivity contribution is 8.00. The van der Waals surface area contributed by atoms with Gasteiger partial charge in [-0.05, 0) is 48.9 Å². The second-order valence-corrected chi connectivity index (χ2v) is 7.64. The summed E-state index contributed by atoms with van der Waals surface area (Å²) in [6.07, 6.45) is 1.03. The minimum absolute atomic E-state index is 0. The summed E-state index contributed by atoms with van der Waals surface area (Å²) in [5, 5.41) is 0. The number of sulfonamides is 1. The first-order valence-corrected chi connectivity index (χ1v) is 8.97. The molecule has 4 nitrogen and oxygen atoms in total. The van der Waals surface area contributed by atoms with Gasteiger partial charge < -0.3 is 5.73 Å². The number of halogens is 4. The molecule has 0 aliphatic heterocycles. The predicted molar refractivity (Wildman–Crippen MR) is 88.3 cm³/mol. The number of hydrogen-bond acceptors (Lipinski definition) is 4. The van der Waals surface area contributed by atoms with Crippen LogP contribution < -0.4 is 10.5 Å². The van der Waals surface area contributed by atoms with Crippen LogP contribution in [0.1, 0.15) is 26.7 Å². The van der Waals surface area contributed by atoms with Gasteiger partial charge in [0.1, 0.15) is 0 Å². The standard InChI is InChI=1S/C13H19F3N2O2S2.ClH/c1-3-12(4-2,9-17)18-22(19,20)11-7-5-10(6-8-11)21-13(14,15)16;/h5-8,18H,3-4,9,17H2,1-2H3;1H. The Morgan fingerprint density at radius 3 is 1.96 bits per heavy atom. The zero-order valence-electron chi connectivity index (χ0n) is 12.7. The van der Waals surface area contributed by atoms with Gasteiger partial charge in [0.2, 0.25) is 10.0 Å². The van der Waals surface area contributed by atoms with Crippen LogP contribution in [-0.2, 0) is 10.0 Å². The van der Waals surface area contributed by atoms with Crippen molar-refractivity contribution in [3.8, 4) is 0 Å². The molecule has 3 N–H and O–H groups in total. The van der Waals surface area contributed by atoms with E-state index >= 15 is 0 Å². The molecule has 1 rings (SSSR count). The summed E-state index contributed by atoms with van der Waals surface area (Å²) in [6.45, 7) is 3.78. The van der Waals surface area contributed by atoms with Gasteiger partial charge >= 0.3 is 5.51 Å². The predicted octanol–water partition coefficient (Wildman–Crippen LogP) is 3.52. The van der Waals surface area contributed by atoms with Crippen molar-refractivity contribution in [1.82, 2.24) is 4.72 Å². The highest BCUT2D eigenvalue weighted by Gasteiger charge is 2.32. The molecule has 23 heavy (non-hydrogen) atoms. The number of benzene rings is 1. The Hall–Kier alpha value is -0.480. The van der Waals surface area contributed by atoms with Gasteiger partial charge in [0.05, 0.1) is 4.90 Å². The van der Waals surface area contributed by atoms with E-state index in [0.29, 0.717) is 12.8 Å². The summed E-state index contributed by atoms with van der Waals surface area (Å²) in [4.78, 5) is -0.152. The number of nitrogens with two attached hydrogens (primary N) is 1. The van der Waals surface area contributed by atoms with Gasteiger partial charge in [-0.15, -0.1) is 12.4 Å². The van der Waals surface area contributed by atoms with E-state index in [1.54, 1.807) is 0 Å². The SMILES string of the molecule is CCC(CC)(CN)NS(=O)(=O)c1ccc(SC(F)(F)F)cc1.Cl. The lowest BCUT2D eigenvalue weighted by Gasteiger charge is -2.31. The minimum atomic E-state index is -4.40. The molecule has 0 unspecified atom stereocenters. The van der Waals surface area contributed by atoms with Crippen molar-refractivity contribution in [2.75, 3.05) is 6.54 Å². The Kier molecular flexibility index (Phi) is 8.39. The molecule has 0 amide bonds. The van der Waals surface area contributed by atoms with Crippen LogP contribution in [-0.4, -0.2) is 26.0 Å². The molecule has 0 saturated carbocycles. The molecule has 1 aromatic carbocycles. The fourth-order valence-electron chi connectivity index (χ4n) is 1.89. The van der Waals surface area contributed by atoms with Crippen LogP contribution >= 0.6 is 24.2 Å². The quantitative estimate of drug-likeness (QED) is 0.696. The molecule has 0 radical (unpaired) electrons. The Labute approximate surface area is 144 Å². The zero-order chi connectivity index (χ0) is 17.0. The number of thioether (sulfide) groups is 1. The summed E-state index contributed by atoms with van der Waals surface area (Å²) in [5.74, 6) is 0. The lowest BCUT2D eigenvalue weighted by Crippen LogP contribution is -2.52. The maximum atomic E-state index is 12.3. The smallest absolute Gasteiger partial charge is 0.329 e. The first-order valence-electron chi connectivity index (χ1n) is 6.67. The molecule has 0 saturated heterocycles. The van der Waals surface area contributed by atoms with E-state index in [0.717, 1.165) is 24.3 Å². The van der Waals surface area contributed by atoms with E-state index in [2.05, 4.69) is 4.72 Å². The highest BCUT2D eigenvalue weighted by Crippen LogP contribution is 2.37. The van der Waals surface area contributed by atoms with Gasteiger partial charge in [0.25, 0.3) is 0 Å². The van der Waals surface area contributed by atoms with Gasteiger partial charge in [-0.1, -0.05) is 13.8 Å². The molecule has 0 atom stereocenters. The van der Waals surface area contributed by atoms with Crippen molar-refractivity contribution in [2.45, 2.75) is 47.5 Å². The second kappa shape index (κ2) is 8.57. The van der Waals surface area contributed by atoms with Crippen LogP contribution in [0.5, 0.6) is 0 Å². The van der Waals surface area contributed by atoms with E-state index < -0.39 is 21.1 Å². The molecule has 10 heteroatoms. The maximum absolute atomic E-state index is 12.3. The lowest BCUT2D eigenvalue weighted by atomic mass is 9.95. The second-order valence-electron chi connectivity index (χ2n) is 4.82. The molecule has 134 valence electrons. The first-order chi connectivity index (χ1) is 10.1. The summed E-state index contributed by atoms with van der Waals surface area (Å²) in [6, 6.07) is 4.58. The van der Waals surface area contributed by atoms with Crippen molar-refractivity contribution in [1.29, 1.82) is 0 Å². The van der Waals surface area contributed by atoms with Crippen molar-refractivity contribution < 1.29 is 21.6 Å². The first kappa shape index (κ1) is 22.5. The summed E-state index contributed by atoms with van der Waals surface area (Å²) >= 11 is -0.288. The van der Waals surface area contributed by atoms with E-state index in [-0.39, 0.29) is 40.5 Å². The van der Waals surface area contributed by atoms with Crippen LogP contribution in [0.3, 0.4) is 0 Å². The van der Waals surface area contributed by atoms with Crippen molar-refractivity contribution in [3.05, 3.63) is 24.3 Å². The third kappa shape index (κ3) is 6.50. The van der Waals surface area contributed by atoms with Gasteiger partial charge in [-0.25, -0.2) is 13.1 Å². The summed E-state index contributed by atoms with van der Waals surface area (Å²) < 4.78 is 64.0. The van der Waals surface area contributed by atoms with Crippen molar-refractivity contribution >= 4 is 34.2 Å². The van der Waals surface area contributed by atoms with Crippen LogP contribution in [0.25, 0.3) is 0 Å². The van der Waals surface area contributed by atoms with Crippen LogP contribution in [0.15, 0.2) is 34.1 Å². The van der Waals surface area contributed by atoms with Gasteiger partial charge in [-0.3, -0.25) is 0 Å².